The van der Waals surface area contributed by atoms with Gasteiger partial charge < -0.3 is 5.32 Å². The zero-order valence-corrected chi connectivity index (χ0v) is 10.1. The summed E-state index contributed by atoms with van der Waals surface area (Å²) in [6, 6.07) is 10.6. The van der Waals surface area contributed by atoms with E-state index in [4.69, 9.17) is 0 Å². The van der Waals surface area contributed by atoms with Crippen molar-refractivity contribution >= 4 is 6.08 Å². The Morgan fingerprint density at radius 3 is 2.62 bits per heavy atom. The Bertz CT molecular complexity index is 334. The van der Waals surface area contributed by atoms with E-state index in [1.807, 2.05) is 0 Å². The molecule has 2 rings (SSSR count). The Labute approximate surface area is 98.6 Å². The van der Waals surface area contributed by atoms with Crippen molar-refractivity contribution in [3.05, 3.63) is 41.5 Å². The Morgan fingerprint density at radius 2 is 1.94 bits per heavy atom. The fourth-order valence-corrected chi connectivity index (χ4v) is 2.43. The van der Waals surface area contributed by atoms with Crippen LogP contribution < -0.4 is 5.32 Å². The minimum Gasteiger partial charge on any atom is -0.317 e. The molecule has 0 radical (unpaired) electrons. The van der Waals surface area contributed by atoms with E-state index in [0.717, 1.165) is 5.92 Å². The summed E-state index contributed by atoms with van der Waals surface area (Å²) in [5.41, 5.74) is 2.84. The lowest BCUT2D eigenvalue weighted by Crippen LogP contribution is -2.27. The molecule has 16 heavy (non-hydrogen) atoms. The number of rotatable bonds is 3. The van der Waals surface area contributed by atoms with Crippen molar-refractivity contribution in [3.63, 3.8) is 0 Å². The molecule has 0 amide bonds. The maximum Gasteiger partial charge on any atom is -0.00462 e. The van der Waals surface area contributed by atoms with Gasteiger partial charge in [0.1, 0.15) is 0 Å². The van der Waals surface area contributed by atoms with Crippen molar-refractivity contribution in [1.29, 1.82) is 0 Å². The van der Waals surface area contributed by atoms with E-state index >= 15 is 0 Å². The summed E-state index contributed by atoms with van der Waals surface area (Å²) in [6.45, 7) is 4.65. The van der Waals surface area contributed by atoms with Crippen molar-refractivity contribution in [1.82, 2.24) is 5.32 Å². The van der Waals surface area contributed by atoms with Crippen LogP contribution in [0, 0.1) is 5.92 Å². The maximum atomic E-state index is 3.42. The highest BCUT2D eigenvalue weighted by atomic mass is 14.9. The lowest BCUT2D eigenvalue weighted by Gasteiger charge is -2.22. The van der Waals surface area contributed by atoms with Crippen molar-refractivity contribution in [2.75, 3.05) is 13.1 Å². The molecular formula is C15H21N. The summed E-state index contributed by atoms with van der Waals surface area (Å²) in [7, 11) is 0. The number of piperidine rings is 1. The monoisotopic (exact) mass is 215 g/mol. The Balaban J connectivity index is 1.91. The Morgan fingerprint density at radius 1 is 1.25 bits per heavy atom. The van der Waals surface area contributed by atoms with Gasteiger partial charge in [0.25, 0.3) is 0 Å². The molecule has 1 aliphatic heterocycles. The van der Waals surface area contributed by atoms with Crippen LogP contribution in [-0.2, 0) is 0 Å². The highest BCUT2D eigenvalue weighted by molar-refractivity contribution is 5.51. The molecule has 1 nitrogen and oxygen atoms in total. The predicted octanol–water partition coefficient (Wildman–Crippen LogP) is 3.48. The molecule has 0 spiro atoms. The summed E-state index contributed by atoms with van der Waals surface area (Å²) >= 11 is 0. The van der Waals surface area contributed by atoms with Gasteiger partial charge in [-0.3, -0.25) is 0 Å². The topological polar surface area (TPSA) is 12.0 Å². The second-order valence-corrected chi connectivity index (χ2v) is 4.80. The molecule has 1 N–H and O–H groups in total. The fraction of sp³-hybridized carbons (Fsp3) is 0.467. The van der Waals surface area contributed by atoms with Crippen molar-refractivity contribution in [2.24, 2.45) is 5.92 Å². The summed E-state index contributed by atoms with van der Waals surface area (Å²) in [6.07, 6.45) is 6.25. The summed E-state index contributed by atoms with van der Waals surface area (Å²) in [5, 5.41) is 3.42. The minimum absolute atomic E-state index is 0.890. The van der Waals surface area contributed by atoms with Gasteiger partial charge in [-0.2, -0.15) is 0 Å². The van der Waals surface area contributed by atoms with Gasteiger partial charge in [-0.25, -0.2) is 0 Å². The van der Waals surface area contributed by atoms with Crippen molar-refractivity contribution in [3.8, 4) is 0 Å². The van der Waals surface area contributed by atoms with Crippen LogP contribution in [0.2, 0.25) is 0 Å². The molecule has 86 valence electrons. The SMILES string of the molecule is C/C(=C\c1ccccc1)CC1CCNCC1. The molecule has 1 heteroatoms. The van der Waals surface area contributed by atoms with Gasteiger partial charge >= 0.3 is 0 Å². The van der Waals surface area contributed by atoms with Gasteiger partial charge in [-0.05, 0) is 50.8 Å². The van der Waals surface area contributed by atoms with Gasteiger partial charge in [-0.1, -0.05) is 42.0 Å². The van der Waals surface area contributed by atoms with Crippen LogP contribution >= 0.6 is 0 Å². The third-order valence-electron chi connectivity index (χ3n) is 3.28. The molecule has 1 aliphatic rings. The Kier molecular flexibility index (Phi) is 4.17. The molecule has 1 heterocycles. The largest absolute Gasteiger partial charge is 0.317 e. The molecule has 1 aromatic carbocycles. The molecule has 0 unspecified atom stereocenters. The summed E-state index contributed by atoms with van der Waals surface area (Å²) < 4.78 is 0. The smallest absolute Gasteiger partial charge is 0.00462 e. The highest BCUT2D eigenvalue weighted by Crippen LogP contribution is 2.21. The van der Waals surface area contributed by atoms with Gasteiger partial charge in [0.15, 0.2) is 0 Å². The van der Waals surface area contributed by atoms with Crippen LogP contribution in [0.3, 0.4) is 0 Å². The van der Waals surface area contributed by atoms with Gasteiger partial charge in [0.05, 0.1) is 0 Å². The first kappa shape index (κ1) is 11.4. The third kappa shape index (κ3) is 3.49. The molecule has 0 saturated carbocycles. The van der Waals surface area contributed by atoms with Crippen LogP contribution in [0.1, 0.15) is 31.7 Å². The normalized spacial score (nSPS) is 18.7. The number of nitrogens with one attached hydrogen (secondary N) is 1. The quantitative estimate of drug-likeness (QED) is 0.814. The maximum absolute atomic E-state index is 3.42. The lowest BCUT2D eigenvalue weighted by atomic mass is 9.91. The standard InChI is InChI=1S/C15H21N/c1-13(11-14-5-3-2-4-6-14)12-15-7-9-16-10-8-15/h2-6,11,15-16H,7-10,12H2,1H3/b13-11+. The average molecular weight is 215 g/mol. The lowest BCUT2D eigenvalue weighted by molar-refractivity contribution is 0.372. The highest BCUT2D eigenvalue weighted by Gasteiger charge is 2.12. The second-order valence-electron chi connectivity index (χ2n) is 4.80. The number of hydrogen-bond acceptors (Lipinski definition) is 1. The van der Waals surface area contributed by atoms with E-state index in [2.05, 4.69) is 48.6 Å². The van der Waals surface area contributed by atoms with Gasteiger partial charge in [0.2, 0.25) is 0 Å². The van der Waals surface area contributed by atoms with Gasteiger partial charge in [-0.15, -0.1) is 0 Å². The van der Waals surface area contributed by atoms with E-state index < -0.39 is 0 Å². The number of allylic oxidation sites excluding steroid dienone is 1. The zero-order chi connectivity index (χ0) is 11.2. The van der Waals surface area contributed by atoms with Crippen molar-refractivity contribution in [2.45, 2.75) is 26.2 Å². The van der Waals surface area contributed by atoms with E-state index in [0.29, 0.717) is 0 Å². The first-order chi connectivity index (χ1) is 7.84. The van der Waals surface area contributed by atoms with E-state index in [9.17, 15) is 0 Å². The first-order valence-electron chi connectivity index (χ1n) is 6.27. The fourth-order valence-electron chi connectivity index (χ4n) is 2.43. The zero-order valence-electron chi connectivity index (χ0n) is 10.1. The van der Waals surface area contributed by atoms with Crippen LogP contribution in [0.4, 0.5) is 0 Å². The van der Waals surface area contributed by atoms with Crippen LogP contribution in [0.15, 0.2) is 35.9 Å². The molecule has 1 aromatic rings. The first-order valence-corrected chi connectivity index (χ1v) is 6.27. The summed E-state index contributed by atoms with van der Waals surface area (Å²) in [5.74, 6) is 0.890. The van der Waals surface area contributed by atoms with Gasteiger partial charge in [0, 0.05) is 0 Å². The molecule has 0 aliphatic carbocycles. The molecule has 1 saturated heterocycles. The predicted molar refractivity (Wildman–Crippen MR) is 70.3 cm³/mol. The minimum atomic E-state index is 0.890. The van der Waals surface area contributed by atoms with E-state index in [-0.39, 0.29) is 0 Å². The molecule has 1 fully saturated rings. The summed E-state index contributed by atoms with van der Waals surface area (Å²) in [4.78, 5) is 0. The van der Waals surface area contributed by atoms with Crippen LogP contribution in [-0.4, -0.2) is 13.1 Å². The number of hydrogen-bond donors (Lipinski definition) is 1. The van der Waals surface area contributed by atoms with Crippen molar-refractivity contribution < 1.29 is 0 Å². The molecule has 0 aromatic heterocycles. The molecular weight excluding hydrogens is 194 g/mol. The Hall–Kier alpha value is -1.08. The second kappa shape index (κ2) is 5.86. The van der Waals surface area contributed by atoms with Crippen LogP contribution in [0.5, 0.6) is 0 Å². The van der Waals surface area contributed by atoms with Crippen LogP contribution in [0.25, 0.3) is 6.08 Å². The number of benzene rings is 1. The van der Waals surface area contributed by atoms with E-state index in [1.165, 1.54) is 43.5 Å². The third-order valence-corrected chi connectivity index (χ3v) is 3.28. The molecule has 0 atom stereocenters. The van der Waals surface area contributed by atoms with E-state index in [1.54, 1.807) is 0 Å². The molecule has 0 bridgehead atoms. The average Bonchev–Trinajstić information content (AvgIpc) is 2.31.